The molecule has 0 aliphatic heterocycles. The fourth-order valence-corrected chi connectivity index (χ4v) is 1.58. The van der Waals surface area contributed by atoms with Gasteiger partial charge in [0.15, 0.2) is 0 Å². The molecule has 0 saturated carbocycles. The molecule has 7 heteroatoms. The molecule has 0 spiro atoms. The first kappa shape index (κ1) is 17.7. The summed E-state index contributed by atoms with van der Waals surface area (Å²) in [6.07, 6.45) is 1.50. The van der Waals surface area contributed by atoms with Gasteiger partial charge in [-0.05, 0) is 12.0 Å². The van der Waals surface area contributed by atoms with Gasteiger partial charge < -0.3 is 20.1 Å². The number of nitrogens with zero attached hydrogens (tertiary/aromatic N) is 2. The van der Waals surface area contributed by atoms with Gasteiger partial charge in [-0.25, -0.2) is 9.78 Å². The Bertz CT molecular complexity index is 502. The predicted octanol–water partition coefficient (Wildman–Crippen LogP) is 2.30. The number of carboxylic acid groups (broad SMARTS) is 1. The van der Waals surface area contributed by atoms with Gasteiger partial charge in [0.2, 0.25) is 5.88 Å². The largest absolute Gasteiger partial charge is 0.481 e. The lowest BCUT2D eigenvalue weighted by Crippen LogP contribution is -2.36. The van der Waals surface area contributed by atoms with Gasteiger partial charge in [0.25, 0.3) is 0 Å². The molecular weight excluding hydrogens is 286 g/mol. The summed E-state index contributed by atoms with van der Waals surface area (Å²) >= 11 is 0. The van der Waals surface area contributed by atoms with Crippen molar-refractivity contribution in [2.24, 2.45) is 11.8 Å². The van der Waals surface area contributed by atoms with E-state index in [4.69, 9.17) is 9.84 Å². The van der Waals surface area contributed by atoms with Crippen LogP contribution in [0.25, 0.3) is 0 Å². The monoisotopic (exact) mass is 309 g/mol. The number of ether oxygens (including phenoxy) is 1. The van der Waals surface area contributed by atoms with E-state index in [1.807, 2.05) is 13.8 Å². The average molecular weight is 309 g/mol. The molecule has 1 heterocycles. The van der Waals surface area contributed by atoms with E-state index >= 15 is 0 Å². The van der Waals surface area contributed by atoms with Gasteiger partial charge in [-0.3, -0.25) is 4.79 Å². The van der Waals surface area contributed by atoms with E-state index in [9.17, 15) is 9.59 Å². The van der Waals surface area contributed by atoms with Gasteiger partial charge in [0.1, 0.15) is 0 Å². The van der Waals surface area contributed by atoms with E-state index in [-0.39, 0.29) is 12.6 Å². The Kier molecular flexibility index (Phi) is 6.62. The number of urea groups is 1. The highest BCUT2D eigenvalue weighted by Crippen LogP contribution is 2.13. The number of hydrogen-bond donors (Lipinski definition) is 2. The molecule has 0 aliphatic carbocycles. The number of carbonyl (C=O) groups excluding carboxylic acids is 1. The van der Waals surface area contributed by atoms with Crippen molar-refractivity contribution >= 4 is 17.7 Å². The quantitative estimate of drug-likeness (QED) is 0.806. The molecule has 1 aromatic heterocycles. The molecule has 1 rings (SSSR count). The molecule has 2 N–H and O–H groups in total. The van der Waals surface area contributed by atoms with Gasteiger partial charge in [0.05, 0.1) is 24.4 Å². The summed E-state index contributed by atoms with van der Waals surface area (Å²) in [6.45, 7) is 6.35. The molecule has 1 unspecified atom stereocenters. The summed E-state index contributed by atoms with van der Waals surface area (Å²) in [4.78, 5) is 28.1. The van der Waals surface area contributed by atoms with Crippen LogP contribution in [-0.2, 0) is 4.79 Å². The lowest BCUT2D eigenvalue weighted by Gasteiger charge is -2.20. The van der Waals surface area contributed by atoms with Crippen molar-refractivity contribution in [1.82, 2.24) is 9.88 Å². The molecule has 0 fully saturated rings. The number of carboxylic acids is 1. The minimum Gasteiger partial charge on any atom is -0.481 e. The highest BCUT2D eigenvalue weighted by atomic mass is 16.5. The molecular formula is C15H23N3O4. The maximum absolute atomic E-state index is 11.9. The zero-order valence-electron chi connectivity index (χ0n) is 13.4. The van der Waals surface area contributed by atoms with Crippen LogP contribution in [0.15, 0.2) is 18.3 Å². The van der Waals surface area contributed by atoms with Crippen LogP contribution in [0, 0.1) is 11.8 Å². The third-order valence-electron chi connectivity index (χ3n) is 2.87. The van der Waals surface area contributed by atoms with Crippen LogP contribution in [0.4, 0.5) is 10.5 Å². The molecule has 122 valence electrons. The Hall–Kier alpha value is -2.31. The Morgan fingerprint density at radius 2 is 2.05 bits per heavy atom. The van der Waals surface area contributed by atoms with Gasteiger partial charge in [-0.2, -0.15) is 0 Å². The summed E-state index contributed by atoms with van der Waals surface area (Å²) in [5.74, 6) is -0.653. The summed E-state index contributed by atoms with van der Waals surface area (Å²) in [7, 11) is 1.54. The zero-order valence-corrected chi connectivity index (χ0v) is 13.4. The van der Waals surface area contributed by atoms with Gasteiger partial charge in [-0.1, -0.05) is 20.8 Å². The predicted molar refractivity (Wildman–Crippen MR) is 83.0 cm³/mol. The highest BCUT2D eigenvalue weighted by Gasteiger charge is 2.17. The van der Waals surface area contributed by atoms with Crippen LogP contribution >= 0.6 is 0 Å². The smallest absolute Gasteiger partial charge is 0.321 e. The summed E-state index contributed by atoms with van der Waals surface area (Å²) in [6, 6.07) is 2.98. The van der Waals surface area contributed by atoms with E-state index in [1.54, 1.807) is 26.1 Å². The van der Waals surface area contributed by atoms with Crippen molar-refractivity contribution in [2.45, 2.75) is 20.8 Å². The third kappa shape index (κ3) is 5.99. The third-order valence-corrected chi connectivity index (χ3v) is 2.87. The first-order valence-corrected chi connectivity index (χ1v) is 7.13. The van der Waals surface area contributed by atoms with E-state index < -0.39 is 11.9 Å². The van der Waals surface area contributed by atoms with Crippen LogP contribution in [0.1, 0.15) is 20.8 Å². The van der Waals surface area contributed by atoms with E-state index in [1.165, 1.54) is 11.1 Å². The average Bonchev–Trinajstić information content (AvgIpc) is 2.46. The second-order valence-corrected chi connectivity index (χ2v) is 5.64. The van der Waals surface area contributed by atoms with Crippen LogP contribution in [0.2, 0.25) is 0 Å². The first-order valence-electron chi connectivity index (χ1n) is 7.13. The second-order valence-electron chi connectivity index (χ2n) is 5.64. The van der Waals surface area contributed by atoms with Gasteiger partial charge >= 0.3 is 12.0 Å². The molecule has 1 atom stereocenters. The maximum Gasteiger partial charge on any atom is 0.321 e. The number of hydrogen-bond acceptors (Lipinski definition) is 4. The lowest BCUT2D eigenvalue weighted by atomic mass is 10.2. The molecule has 22 heavy (non-hydrogen) atoms. The van der Waals surface area contributed by atoms with Crippen LogP contribution in [0.3, 0.4) is 0 Å². The van der Waals surface area contributed by atoms with E-state index in [2.05, 4.69) is 10.3 Å². The van der Waals surface area contributed by atoms with Crippen molar-refractivity contribution in [1.29, 1.82) is 0 Å². The number of carbonyl (C=O) groups is 2. The van der Waals surface area contributed by atoms with E-state index in [0.29, 0.717) is 24.1 Å². The van der Waals surface area contributed by atoms with Crippen LogP contribution in [-0.4, -0.2) is 47.2 Å². The van der Waals surface area contributed by atoms with Crippen LogP contribution < -0.4 is 10.1 Å². The number of rotatable bonds is 7. The summed E-state index contributed by atoms with van der Waals surface area (Å²) in [5.41, 5.74) is 0.525. The molecule has 7 nitrogen and oxygen atoms in total. The molecule has 0 aromatic carbocycles. The molecule has 0 bridgehead atoms. The first-order chi connectivity index (χ1) is 10.3. The Balaban J connectivity index is 2.52. The molecule has 0 aliphatic rings. The van der Waals surface area contributed by atoms with Crippen molar-refractivity contribution in [3.63, 3.8) is 0 Å². The Morgan fingerprint density at radius 3 is 2.55 bits per heavy atom. The summed E-state index contributed by atoms with van der Waals surface area (Å²) < 4.78 is 5.45. The number of nitrogens with one attached hydrogen (secondary N) is 1. The number of amides is 2. The Labute approximate surface area is 130 Å². The van der Waals surface area contributed by atoms with Crippen molar-refractivity contribution in [2.75, 3.05) is 25.5 Å². The molecule has 0 radical (unpaired) electrons. The normalized spacial score (nSPS) is 11.9. The van der Waals surface area contributed by atoms with Gasteiger partial charge in [-0.15, -0.1) is 0 Å². The fraction of sp³-hybridized carbons (Fsp3) is 0.533. The lowest BCUT2D eigenvalue weighted by molar-refractivity contribution is -0.141. The van der Waals surface area contributed by atoms with Crippen molar-refractivity contribution in [3.8, 4) is 5.88 Å². The number of aromatic nitrogens is 1. The standard InChI is InChI=1S/C15H23N3O4/c1-10(2)9-22-13-6-5-12(7-16-13)17-15(21)18(4)8-11(3)14(19)20/h5-7,10-11H,8-9H2,1-4H3,(H,17,21)(H,19,20). The van der Waals surface area contributed by atoms with Crippen molar-refractivity contribution in [3.05, 3.63) is 18.3 Å². The zero-order chi connectivity index (χ0) is 16.7. The molecule has 0 saturated heterocycles. The van der Waals surface area contributed by atoms with Crippen molar-refractivity contribution < 1.29 is 19.4 Å². The fourth-order valence-electron chi connectivity index (χ4n) is 1.58. The minimum atomic E-state index is -0.937. The Morgan fingerprint density at radius 1 is 1.36 bits per heavy atom. The molecule has 1 aromatic rings. The maximum atomic E-state index is 11.9. The number of aliphatic carboxylic acids is 1. The second kappa shape index (κ2) is 8.21. The highest BCUT2D eigenvalue weighted by molar-refractivity contribution is 5.89. The van der Waals surface area contributed by atoms with Crippen LogP contribution in [0.5, 0.6) is 5.88 Å². The minimum absolute atomic E-state index is 0.129. The van der Waals surface area contributed by atoms with E-state index in [0.717, 1.165) is 0 Å². The summed E-state index contributed by atoms with van der Waals surface area (Å²) in [5, 5.41) is 11.5. The topological polar surface area (TPSA) is 91.8 Å². The number of anilines is 1. The SMILES string of the molecule is CC(C)COc1ccc(NC(=O)N(C)CC(C)C(=O)O)cn1. The van der Waals surface area contributed by atoms with Gasteiger partial charge in [0, 0.05) is 19.7 Å². The number of pyridine rings is 1. The molecule has 2 amide bonds.